The van der Waals surface area contributed by atoms with Crippen molar-refractivity contribution in [2.24, 2.45) is 11.5 Å². The normalized spacial score (nSPS) is 22.4. The van der Waals surface area contributed by atoms with Crippen LogP contribution in [0.5, 0.6) is 0 Å². The number of nitrogens with two attached hydrogens (primary N) is 2. The number of nitrogens with zero attached hydrogens (tertiary/aromatic N) is 2. The molecule has 0 fully saturated rings. The van der Waals surface area contributed by atoms with Crippen LogP contribution in [-0.2, 0) is 5.66 Å². The predicted molar refractivity (Wildman–Crippen MR) is 72.1 cm³/mol. The molecule has 1 aliphatic heterocycles. The van der Waals surface area contributed by atoms with Crippen LogP contribution < -0.4 is 16.8 Å². The molecule has 1 atom stereocenters. The van der Waals surface area contributed by atoms with E-state index < -0.39 is 5.66 Å². The van der Waals surface area contributed by atoms with E-state index in [-0.39, 0.29) is 0 Å². The summed E-state index contributed by atoms with van der Waals surface area (Å²) in [6.07, 6.45) is 12.3. The summed E-state index contributed by atoms with van der Waals surface area (Å²) >= 11 is 0. The van der Waals surface area contributed by atoms with E-state index in [2.05, 4.69) is 20.3 Å². The van der Waals surface area contributed by atoms with E-state index >= 15 is 0 Å². The van der Waals surface area contributed by atoms with Gasteiger partial charge >= 0.3 is 0 Å². The molecule has 3 heterocycles. The summed E-state index contributed by atoms with van der Waals surface area (Å²) in [5.41, 5.74) is 13.9. The summed E-state index contributed by atoms with van der Waals surface area (Å²) < 4.78 is 0. The molecule has 6 N–H and O–H groups in total. The minimum atomic E-state index is -0.959. The Kier molecular flexibility index (Phi) is 2.57. The number of hydrogen-bond acceptors (Lipinski definition) is 5. The van der Waals surface area contributed by atoms with E-state index in [1.54, 1.807) is 18.6 Å². The molecule has 96 valence electrons. The Labute approximate surface area is 110 Å². The average Bonchev–Trinajstić information content (AvgIpc) is 2.93. The molecule has 2 aromatic heterocycles. The number of allylic oxidation sites excluding steroid dienone is 2. The largest absolute Gasteiger partial charge is 0.385 e. The summed E-state index contributed by atoms with van der Waals surface area (Å²) in [5.74, 6) is 0.492. The van der Waals surface area contributed by atoms with Crippen LogP contribution in [0, 0.1) is 0 Å². The maximum absolute atomic E-state index is 6.35. The Morgan fingerprint density at radius 2 is 2.16 bits per heavy atom. The SMILES string of the molecule is NC1=CC(c2cc[nH]c2)=CC(N)(c2cnccn2)N1. The van der Waals surface area contributed by atoms with Crippen LogP contribution in [-0.4, -0.2) is 15.0 Å². The van der Waals surface area contributed by atoms with Gasteiger partial charge in [-0.2, -0.15) is 0 Å². The molecule has 0 aliphatic carbocycles. The third-order valence-electron chi connectivity index (χ3n) is 2.96. The number of aromatic nitrogens is 3. The van der Waals surface area contributed by atoms with Gasteiger partial charge in [-0.05, 0) is 29.4 Å². The van der Waals surface area contributed by atoms with E-state index in [0.717, 1.165) is 11.1 Å². The van der Waals surface area contributed by atoms with Gasteiger partial charge in [0.2, 0.25) is 0 Å². The van der Waals surface area contributed by atoms with Gasteiger partial charge in [-0.25, -0.2) is 0 Å². The molecule has 0 saturated carbocycles. The molecule has 0 amide bonds. The summed E-state index contributed by atoms with van der Waals surface area (Å²) in [6.45, 7) is 0. The second-order valence-electron chi connectivity index (χ2n) is 4.38. The third-order valence-corrected chi connectivity index (χ3v) is 2.96. The molecule has 0 saturated heterocycles. The van der Waals surface area contributed by atoms with Gasteiger partial charge in [-0.1, -0.05) is 0 Å². The number of rotatable bonds is 2. The summed E-state index contributed by atoms with van der Waals surface area (Å²) in [6, 6.07) is 1.96. The zero-order valence-electron chi connectivity index (χ0n) is 10.2. The molecule has 6 heteroatoms. The quantitative estimate of drug-likeness (QED) is 0.621. The smallest absolute Gasteiger partial charge is 0.152 e. The van der Waals surface area contributed by atoms with Gasteiger partial charge in [-0.15, -0.1) is 0 Å². The van der Waals surface area contributed by atoms with E-state index in [4.69, 9.17) is 11.5 Å². The van der Waals surface area contributed by atoms with E-state index in [9.17, 15) is 0 Å². The summed E-state index contributed by atoms with van der Waals surface area (Å²) in [5, 5.41) is 3.03. The first kappa shape index (κ1) is 11.5. The Morgan fingerprint density at radius 1 is 1.26 bits per heavy atom. The molecule has 19 heavy (non-hydrogen) atoms. The first-order valence-corrected chi connectivity index (χ1v) is 5.84. The molecule has 0 bridgehead atoms. The number of dihydropyridines is 1. The van der Waals surface area contributed by atoms with Gasteiger partial charge < -0.3 is 21.8 Å². The Morgan fingerprint density at radius 3 is 2.84 bits per heavy atom. The van der Waals surface area contributed by atoms with Crippen LogP contribution in [0.3, 0.4) is 0 Å². The van der Waals surface area contributed by atoms with Crippen molar-refractivity contribution in [3.8, 4) is 0 Å². The lowest BCUT2D eigenvalue weighted by molar-refractivity contribution is 0.458. The van der Waals surface area contributed by atoms with Gasteiger partial charge in [0.25, 0.3) is 0 Å². The number of aromatic amines is 1. The van der Waals surface area contributed by atoms with Gasteiger partial charge in [-0.3, -0.25) is 9.97 Å². The Bertz CT molecular complexity index is 628. The highest BCUT2D eigenvalue weighted by atomic mass is 15.2. The molecule has 1 aliphatic rings. The van der Waals surface area contributed by atoms with Crippen molar-refractivity contribution in [1.29, 1.82) is 0 Å². The van der Waals surface area contributed by atoms with Gasteiger partial charge in [0, 0.05) is 24.8 Å². The highest BCUT2D eigenvalue weighted by Gasteiger charge is 2.30. The van der Waals surface area contributed by atoms with Crippen LogP contribution in [0.25, 0.3) is 5.57 Å². The van der Waals surface area contributed by atoms with Crippen LogP contribution in [0.15, 0.2) is 55.0 Å². The molecule has 0 spiro atoms. The van der Waals surface area contributed by atoms with Crippen molar-refractivity contribution < 1.29 is 0 Å². The van der Waals surface area contributed by atoms with Crippen molar-refractivity contribution in [3.63, 3.8) is 0 Å². The first-order valence-electron chi connectivity index (χ1n) is 5.84. The fraction of sp³-hybridized carbons (Fsp3) is 0.0769. The van der Waals surface area contributed by atoms with E-state index in [1.807, 2.05) is 30.6 Å². The lowest BCUT2D eigenvalue weighted by Crippen LogP contribution is -2.52. The number of nitrogens with one attached hydrogen (secondary N) is 2. The minimum absolute atomic E-state index is 0.492. The highest BCUT2D eigenvalue weighted by molar-refractivity contribution is 5.76. The van der Waals surface area contributed by atoms with Crippen molar-refractivity contribution in [1.82, 2.24) is 20.3 Å². The van der Waals surface area contributed by atoms with Crippen LogP contribution in [0.1, 0.15) is 11.3 Å². The standard InChI is InChI=1S/C13H14N6/c14-12-5-10(9-1-2-16-7-9)6-13(15,19-12)11-8-17-3-4-18-11/h1-8,16,19H,14-15H2. The summed E-state index contributed by atoms with van der Waals surface area (Å²) in [7, 11) is 0. The van der Waals surface area contributed by atoms with Crippen molar-refractivity contribution in [2.75, 3.05) is 0 Å². The van der Waals surface area contributed by atoms with E-state index in [0.29, 0.717) is 11.5 Å². The molecule has 0 radical (unpaired) electrons. The monoisotopic (exact) mass is 254 g/mol. The zero-order chi connectivity index (χ0) is 13.3. The maximum Gasteiger partial charge on any atom is 0.152 e. The van der Waals surface area contributed by atoms with Gasteiger partial charge in [0.05, 0.1) is 12.0 Å². The van der Waals surface area contributed by atoms with Gasteiger partial charge in [0.15, 0.2) is 5.66 Å². The van der Waals surface area contributed by atoms with Crippen molar-refractivity contribution in [2.45, 2.75) is 5.66 Å². The fourth-order valence-electron chi connectivity index (χ4n) is 2.09. The van der Waals surface area contributed by atoms with Crippen molar-refractivity contribution in [3.05, 3.63) is 66.3 Å². The Balaban J connectivity index is 2.07. The predicted octanol–water partition coefficient (Wildman–Crippen LogP) is 0.403. The fourth-order valence-corrected chi connectivity index (χ4v) is 2.09. The second kappa shape index (κ2) is 4.25. The maximum atomic E-state index is 6.35. The van der Waals surface area contributed by atoms with Gasteiger partial charge in [0.1, 0.15) is 5.69 Å². The zero-order valence-corrected chi connectivity index (χ0v) is 10.2. The van der Waals surface area contributed by atoms with Crippen LogP contribution in [0.2, 0.25) is 0 Å². The molecular formula is C13H14N6. The molecule has 0 aromatic carbocycles. The van der Waals surface area contributed by atoms with Crippen molar-refractivity contribution >= 4 is 5.57 Å². The highest BCUT2D eigenvalue weighted by Crippen LogP contribution is 2.27. The molecule has 6 nitrogen and oxygen atoms in total. The van der Waals surface area contributed by atoms with Crippen LogP contribution in [0.4, 0.5) is 0 Å². The molecular weight excluding hydrogens is 240 g/mol. The number of H-pyrrole nitrogens is 1. The Hall–Kier alpha value is -2.60. The molecule has 2 aromatic rings. The third kappa shape index (κ3) is 2.09. The van der Waals surface area contributed by atoms with Crippen LogP contribution >= 0.6 is 0 Å². The minimum Gasteiger partial charge on any atom is -0.385 e. The second-order valence-corrected chi connectivity index (χ2v) is 4.38. The first-order chi connectivity index (χ1) is 9.17. The summed E-state index contributed by atoms with van der Waals surface area (Å²) in [4.78, 5) is 11.3. The lowest BCUT2D eigenvalue weighted by Gasteiger charge is -2.31. The topological polar surface area (TPSA) is 106 Å². The van der Waals surface area contributed by atoms with E-state index in [1.165, 1.54) is 0 Å². The molecule has 3 rings (SSSR count). The lowest BCUT2D eigenvalue weighted by atomic mass is 9.96. The molecule has 1 unspecified atom stereocenters. The average molecular weight is 254 g/mol. The number of hydrogen-bond donors (Lipinski definition) is 4.